The predicted octanol–water partition coefficient (Wildman–Crippen LogP) is 1.79. The van der Waals surface area contributed by atoms with Gasteiger partial charge >= 0.3 is 0 Å². The molecule has 1 heterocycles. The van der Waals surface area contributed by atoms with Crippen LogP contribution in [0.15, 0.2) is 0 Å². The molecule has 1 aliphatic heterocycles. The Hall–Kier alpha value is -0.110. The number of halogens is 1. The summed E-state index contributed by atoms with van der Waals surface area (Å²) in [6.45, 7) is 2.84. The Morgan fingerprint density at radius 2 is 2.44 bits per heavy atom. The van der Waals surface area contributed by atoms with Gasteiger partial charge in [0, 0.05) is 12.6 Å². The minimum atomic E-state index is -0.251. The summed E-state index contributed by atoms with van der Waals surface area (Å²) in [5.74, 6) is 0. The van der Waals surface area contributed by atoms with E-state index in [1.54, 1.807) is 0 Å². The van der Waals surface area contributed by atoms with Gasteiger partial charge in [0.05, 0.1) is 0 Å². The van der Waals surface area contributed by atoms with Gasteiger partial charge in [-0.05, 0) is 19.3 Å². The van der Waals surface area contributed by atoms with Crippen molar-refractivity contribution in [3.05, 3.63) is 0 Å². The van der Waals surface area contributed by atoms with Crippen LogP contribution in [0.5, 0.6) is 0 Å². The Morgan fingerprint density at radius 3 is 2.89 bits per heavy atom. The SMILES string of the molecule is CC[C@H]1CCCN1CF. The molecule has 1 fully saturated rings. The number of rotatable bonds is 2. The first-order valence-electron chi connectivity index (χ1n) is 3.68. The van der Waals surface area contributed by atoms with Crippen LogP contribution in [0.4, 0.5) is 4.39 Å². The van der Waals surface area contributed by atoms with Crippen molar-refractivity contribution in [2.75, 3.05) is 13.3 Å². The standard InChI is InChI=1S/C7H14FN/c1-2-7-4-3-5-9(7)6-8/h7H,2-6H2,1H3/t7-/m0/s1. The minimum absolute atomic E-state index is 0.251. The third kappa shape index (κ3) is 1.42. The van der Waals surface area contributed by atoms with Crippen molar-refractivity contribution in [1.29, 1.82) is 0 Å². The molecule has 0 aromatic rings. The van der Waals surface area contributed by atoms with Crippen LogP contribution in [-0.2, 0) is 0 Å². The molecule has 0 aliphatic carbocycles. The molecule has 0 saturated carbocycles. The fourth-order valence-electron chi connectivity index (χ4n) is 1.51. The number of alkyl halides is 1. The molecule has 1 saturated heterocycles. The van der Waals surface area contributed by atoms with E-state index in [4.69, 9.17) is 0 Å². The molecule has 0 aromatic heterocycles. The van der Waals surface area contributed by atoms with Crippen LogP contribution in [0.3, 0.4) is 0 Å². The zero-order chi connectivity index (χ0) is 6.69. The fraction of sp³-hybridized carbons (Fsp3) is 1.00. The van der Waals surface area contributed by atoms with Crippen LogP contribution >= 0.6 is 0 Å². The highest BCUT2D eigenvalue weighted by molar-refractivity contribution is 4.75. The van der Waals surface area contributed by atoms with Crippen molar-refractivity contribution in [2.24, 2.45) is 0 Å². The highest BCUT2D eigenvalue weighted by atomic mass is 19.1. The first kappa shape index (κ1) is 7.00. The third-order valence-electron chi connectivity index (χ3n) is 2.12. The summed E-state index contributed by atoms with van der Waals surface area (Å²) in [7, 11) is 0. The van der Waals surface area contributed by atoms with Gasteiger partial charge in [0.1, 0.15) is 6.80 Å². The van der Waals surface area contributed by atoms with E-state index in [-0.39, 0.29) is 6.80 Å². The summed E-state index contributed by atoms with van der Waals surface area (Å²) >= 11 is 0. The van der Waals surface area contributed by atoms with Crippen molar-refractivity contribution in [3.8, 4) is 0 Å². The average Bonchev–Trinajstić information content (AvgIpc) is 2.33. The van der Waals surface area contributed by atoms with Crippen LogP contribution in [-0.4, -0.2) is 24.3 Å². The van der Waals surface area contributed by atoms with Gasteiger partial charge in [-0.2, -0.15) is 0 Å². The molecule has 2 heteroatoms. The quantitative estimate of drug-likeness (QED) is 0.516. The molecule has 0 bridgehead atoms. The normalized spacial score (nSPS) is 29.3. The van der Waals surface area contributed by atoms with Gasteiger partial charge in [0.2, 0.25) is 0 Å². The first-order chi connectivity index (χ1) is 4.38. The molecular formula is C7H14FN. The predicted molar refractivity (Wildman–Crippen MR) is 36.0 cm³/mol. The summed E-state index contributed by atoms with van der Waals surface area (Å²) in [5, 5.41) is 0. The topological polar surface area (TPSA) is 3.24 Å². The van der Waals surface area contributed by atoms with Crippen molar-refractivity contribution < 1.29 is 4.39 Å². The molecule has 0 spiro atoms. The number of hydrogen-bond acceptors (Lipinski definition) is 1. The maximum absolute atomic E-state index is 12.1. The lowest BCUT2D eigenvalue weighted by Crippen LogP contribution is -2.27. The molecule has 0 amide bonds. The van der Waals surface area contributed by atoms with Crippen molar-refractivity contribution in [2.45, 2.75) is 32.2 Å². The van der Waals surface area contributed by atoms with Crippen LogP contribution in [0.2, 0.25) is 0 Å². The van der Waals surface area contributed by atoms with Gasteiger partial charge in [-0.25, -0.2) is 4.39 Å². The van der Waals surface area contributed by atoms with Gasteiger partial charge in [0.15, 0.2) is 0 Å². The summed E-state index contributed by atoms with van der Waals surface area (Å²) in [4.78, 5) is 1.92. The molecule has 0 radical (unpaired) electrons. The first-order valence-corrected chi connectivity index (χ1v) is 3.68. The van der Waals surface area contributed by atoms with Crippen molar-refractivity contribution in [1.82, 2.24) is 4.90 Å². The van der Waals surface area contributed by atoms with E-state index in [1.165, 1.54) is 12.8 Å². The fourth-order valence-corrected chi connectivity index (χ4v) is 1.51. The molecule has 0 unspecified atom stereocenters. The van der Waals surface area contributed by atoms with Crippen molar-refractivity contribution in [3.63, 3.8) is 0 Å². The lowest BCUT2D eigenvalue weighted by Gasteiger charge is -2.18. The van der Waals surface area contributed by atoms with Gasteiger partial charge in [-0.3, -0.25) is 4.90 Å². The molecule has 1 aliphatic rings. The van der Waals surface area contributed by atoms with Gasteiger partial charge in [-0.1, -0.05) is 6.92 Å². The molecule has 54 valence electrons. The Balaban J connectivity index is 2.32. The largest absolute Gasteiger partial charge is 0.274 e. The zero-order valence-corrected chi connectivity index (χ0v) is 5.94. The van der Waals surface area contributed by atoms with Gasteiger partial charge < -0.3 is 0 Å². The van der Waals surface area contributed by atoms with E-state index < -0.39 is 0 Å². The Morgan fingerprint density at radius 1 is 1.67 bits per heavy atom. The Bertz CT molecular complexity index is 75.0. The molecule has 1 nitrogen and oxygen atoms in total. The summed E-state index contributed by atoms with van der Waals surface area (Å²) in [5.41, 5.74) is 0. The second-order valence-corrected chi connectivity index (χ2v) is 2.64. The molecule has 0 N–H and O–H groups in total. The molecule has 1 atom stereocenters. The highest BCUT2D eigenvalue weighted by Gasteiger charge is 2.21. The molecule has 1 rings (SSSR count). The molecule has 9 heavy (non-hydrogen) atoms. The smallest absolute Gasteiger partial charge is 0.143 e. The van der Waals surface area contributed by atoms with E-state index in [1.807, 2.05) is 4.90 Å². The second kappa shape index (κ2) is 3.16. The van der Waals surface area contributed by atoms with E-state index in [2.05, 4.69) is 6.92 Å². The van der Waals surface area contributed by atoms with E-state index in [9.17, 15) is 4.39 Å². The highest BCUT2D eigenvalue weighted by Crippen LogP contribution is 2.18. The second-order valence-electron chi connectivity index (χ2n) is 2.64. The summed E-state index contributed by atoms with van der Waals surface area (Å²) in [6, 6.07) is 0.537. The lowest BCUT2D eigenvalue weighted by molar-refractivity contribution is 0.167. The third-order valence-corrected chi connectivity index (χ3v) is 2.12. The van der Waals surface area contributed by atoms with Crippen LogP contribution in [0.25, 0.3) is 0 Å². The van der Waals surface area contributed by atoms with Gasteiger partial charge in [-0.15, -0.1) is 0 Å². The van der Waals surface area contributed by atoms with Crippen LogP contribution in [0, 0.1) is 0 Å². The Kier molecular flexibility index (Phi) is 2.46. The number of hydrogen-bond donors (Lipinski definition) is 0. The maximum Gasteiger partial charge on any atom is 0.143 e. The number of likely N-dealkylation sites (tertiary alicyclic amines) is 1. The average molecular weight is 131 g/mol. The maximum atomic E-state index is 12.1. The monoisotopic (exact) mass is 131 g/mol. The Labute approximate surface area is 55.8 Å². The zero-order valence-electron chi connectivity index (χ0n) is 5.94. The lowest BCUT2D eigenvalue weighted by atomic mass is 10.2. The van der Waals surface area contributed by atoms with E-state index in [0.717, 1.165) is 13.0 Å². The van der Waals surface area contributed by atoms with Crippen LogP contribution in [0.1, 0.15) is 26.2 Å². The number of nitrogens with zero attached hydrogens (tertiary/aromatic N) is 1. The summed E-state index contributed by atoms with van der Waals surface area (Å²) in [6.07, 6.45) is 3.48. The van der Waals surface area contributed by atoms with Crippen molar-refractivity contribution >= 4 is 0 Å². The summed E-state index contributed by atoms with van der Waals surface area (Å²) < 4.78 is 12.1. The molecule has 0 aromatic carbocycles. The van der Waals surface area contributed by atoms with E-state index >= 15 is 0 Å². The van der Waals surface area contributed by atoms with Gasteiger partial charge in [0.25, 0.3) is 0 Å². The minimum Gasteiger partial charge on any atom is -0.274 e. The van der Waals surface area contributed by atoms with E-state index in [0.29, 0.717) is 6.04 Å². The van der Waals surface area contributed by atoms with Crippen LogP contribution < -0.4 is 0 Å². The molecular weight excluding hydrogens is 117 g/mol.